The van der Waals surface area contributed by atoms with Crippen molar-refractivity contribution in [2.24, 2.45) is 0 Å². The van der Waals surface area contributed by atoms with Gasteiger partial charge in [-0.3, -0.25) is 0 Å². The molecule has 4 rings (SSSR count). The zero-order valence-corrected chi connectivity index (χ0v) is 15.1. The van der Waals surface area contributed by atoms with Crippen LogP contribution in [0, 0.1) is 12.7 Å². The molecule has 0 atom stereocenters. The van der Waals surface area contributed by atoms with Crippen molar-refractivity contribution in [3.05, 3.63) is 64.6 Å². The van der Waals surface area contributed by atoms with Crippen molar-refractivity contribution in [3.63, 3.8) is 0 Å². The fourth-order valence-electron chi connectivity index (χ4n) is 3.43. The third kappa shape index (κ3) is 3.63. The number of fused-ring (bicyclic) bond motifs is 1. The maximum atomic E-state index is 13.3. The van der Waals surface area contributed by atoms with Gasteiger partial charge in [0.05, 0.1) is 5.69 Å². The summed E-state index contributed by atoms with van der Waals surface area (Å²) >= 11 is 0. The zero-order chi connectivity index (χ0) is 18.8. The first kappa shape index (κ1) is 17.5. The molecule has 27 heavy (non-hydrogen) atoms. The smallest absolute Gasteiger partial charge is 0.359 e. The third-order valence-electron chi connectivity index (χ3n) is 4.72. The molecule has 0 N–H and O–H groups in total. The number of benzene rings is 1. The van der Waals surface area contributed by atoms with Crippen molar-refractivity contribution in [1.29, 1.82) is 0 Å². The Labute approximate surface area is 155 Å². The SMILES string of the molecule is Cc1cc(COC(=O)c2nn(-c3ccc(F)cc3)c3c2CCCCC3)no1. The topological polar surface area (TPSA) is 70.2 Å². The maximum Gasteiger partial charge on any atom is 0.359 e. The van der Waals surface area contributed by atoms with Crippen LogP contribution >= 0.6 is 0 Å². The summed E-state index contributed by atoms with van der Waals surface area (Å²) in [4.78, 5) is 12.7. The van der Waals surface area contributed by atoms with Crippen LogP contribution < -0.4 is 0 Å². The highest BCUT2D eigenvalue weighted by atomic mass is 19.1. The van der Waals surface area contributed by atoms with Crippen LogP contribution in [0.25, 0.3) is 5.69 Å². The van der Waals surface area contributed by atoms with Gasteiger partial charge in [0.25, 0.3) is 0 Å². The zero-order valence-electron chi connectivity index (χ0n) is 15.1. The van der Waals surface area contributed by atoms with Gasteiger partial charge in [0.2, 0.25) is 0 Å². The Morgan fingerprint density at radius 2 is 2.00 bits per heavy atom. The molecule has 2 heterocycles. The van der Waals surface area contributed by atoms with Crippen molar-refractivity contribution < 1.29 is 18.4 Å². The molecule has 1 aliphatic carbocycles. The van der Waals surface area contributed by atoms with E-state index in [0.717, 1.165) is 49.0 Å². The number of carbonyl (C=O) groups excluding carboxylic acids is 1. The molecule has 0 amide bonds. The minimum absolute atomic E-state index is 0.0361. The van der Waals surface area contributed by atoms with E-state index in [9.17, 15) is 9.18 Å². The van der Waals surface area contributed by atoms with E-state index < -0.39 is 5.97 Å². The van der Waals surface area contributed by atoms with Crippen molar-refractivity contribution >= 4 is 5.97 Å². The Kier molecular flexibility index (Phi) is 4.75. The van der Waals surface area contributed by atoms with E-state index in [-0.39, 0.29) is 12.4 Å². The number of hydrogen-bond donors (Lipinski definition) is 0. The van der Waals surface area contributed by atoms with Crippen LogP contribution in [0.3, 0.4) is 0 Å². The lowest BCUT2D eigenvalue weighted by Gasteiger charge is -2.07. The fraction of sp³-hybridized carbons (Fsp3) is 0.350. The number of hydrogen-bond acceptors (Lipinski definition) is 5. The monoisotopic (exact) mass is 369 g/mol. The summed E-state index contributed by atoms with van der Waals surface area (Å²) in [6, 6.07) is 7.85. The van der Waals surface area contributed by atoms with Crippen molar-refractivity contribution in [3.8, 4) is 5.69 Å². The van der Waals surface area contributed by atoms with Gasteiger partial charge in [-0.25, -0.2) is 13.9 Å². The lowest BCUT2D eigenvalue weighted by Crippen LogP contribution is -2.09. The molecule has 1 aliphatic rings. The van der Waals surface area contributed by atoms with Gasteiger partial charge in [0.15, 0.2) is 5.69 Å². The van der Waals surface area contributed by atoms with E-state index in [2.05, 4.69) is 10.3 Å². The molecule has 0 radical (unpaired) electrons. The number of rotatable bonds is 4. The minimum Gasteiger partial charge on any atom is -0.454 e. The lowest BCUT2D eigenvalue weighted by atomic mass is 10.1. The van der Waals surface area contributed by atoms with Gasteiger partial charge in [-0.2, -0.15) is 5.10 Å². The van der Waals surface area contributed by atoms with Crippen LogP contribution in [0.2, 0.25) is 0 Å². The Morgan fingerprint density at radius 3 is 2.74 bits per heavy atom. The average Bonchev–Trinajstić information content (AvgIpc) is 3.15. The second-order valence-corrected chi connectivity index (χ2v) is 6.73. The highest BCUT2D eigenvalue weighted by Gasteiger charge is 2.26. The summed E-state index contributed by atoms with van der Waals surface area (Å²) < 4.78 is 25.4. The van der Waals surface area contributed by atoms with Crippen LogP contribution in [0.1, 0.15) is 52.5 Å². The summed E-state index contributed by atoms with van der Waals surface area (Å²) in [6.07, 6.45) is 4.75. The largest absolute Gasteiger partial charge is 0.454 e. The molecule has 0 aliphatic heterocycles. The summed E-state index contributed by atoms with van der Waals surface area (Å²) in [6.45, 7) is 1.82. The van der Waals surface area contributed by atoms with Gasteiger partial charge >= 0.3 is 5.97 Å². The van der Waals surface area contributed by atoms with Crippen molar-refractivity contribution in [2.45, 2.75) is 45.6 Å². The van der Waals surface area contributed by atoms with Crippen LogP contribution in [0.5, 0.6) is 0 Å². The third-order valence-corrected chi connectivity index (χ3v) is 4.72. The van der Waals surface area contributed by atoms with Crippen molar-refractivity contribution in [2.75, 3.05) is 0 Å². The molecule has 6 nitrogen and oxygen atoms in total. The number of aryl methyl sites for hydroxylation is 1. The molecule has 2 aromatic heterocycles. The van der Waals surface area contributed by atoms with E-state index in [1.54, 1.807) is 29.8 Å². The first-order valence-corrected chi connectivity index (χ1v) is 9.08. The number of ether oxygens (including phenoxy) is 1. The second kappa shape index (κ2) is 7.34. The molecule has 0 fully saturated rings. The van der Waals surface area contributed by atoms with E-state index in [4.69, 9.17) is 9.26 Å². The van der Waals surface area contributed by atoms with Crippen LogP contribution in [0.4, 0.5) is 4.39 Å². The summed E-state index contributed by atoms with van der Waals surface area (Å²) in [5, 5.41) is 8.36. The first-order chi connectivity index (χ1) is 13.1. The van der Waals surface area contributed by atoms with Gasteiger partial charge in [0.1, 0.15) is 23.9 Å². The fourth-order valence-corrected chi connectivity index (χ4v) is 3.43. The Bertz CT molecular complexity index is 960. The summed E-state index contributed by atoms with van der Waals surface area (Å²) in [5.74, 6) is -0.121. The quantitative estimate of drug-likeness (QED) is 0.515. The molecule has 0 bridgehead atoms. The molecular weight excluding hydrogens is 349 g/mol. The predicted molar refractivity (Wildman–Crippen MR) is 95.1 cm³/mol. The van der Waals surface area contributed by atoms with Crippen molar-refractivity contribution in [1.82, 2.24) is 14.9 Å². The molecule has 0 unspecified atom stereocenters. The minimum atomic E-state index is -0.477. The second-order valence-electron chi connectivity index (χ2n) is 6.73. The molecular formula is C20H20FN3O3. The first-order valence-electron chi connectivity index (χ1n) is 9.08. The lowest BCUT2D eigenvalue weighted by molar-refractivity contribution is 0.0455. The van der Waals surface area contributed by atoms with E-state index in [1.807, 2.05) is 0 Å². The van der Waals surface area contributed by atoms with E-state index in [1.165, 1.54) is 12.1 Å². The van der Waals surface area contributed by atoms with Gasteiger partial charge in [-0.05, 0) is 56.9 Å². The van der Waals surface area contributed by atoms with Crippen LogP contribution in [-0.4, -0.2) is 20.9 Å². The Morgan fingerprint density at radius 1 is 1.22 bits per heavy atom. The standard InChI is InChI=1S/C20H20FN3O3/c1-13-11-15(23-27-13)12-26-20(25)19-17-5-3-2-4-6-18(17)24(22-19)16-9-7-14(21)8-10-16/h7-11H,2-6,12H2,1H3. The molecule has 0 spiro atoms. The highest BCUT2D eigenvalue weighted by Crippen LogP contribution is 2.27. The molecule has 3 aromatic rings. The van der Waals surface area contributed by atoms with Gasteiger partial charge in [-0.15, -0.1) is 0 Å². The average molecular weight is 369 g/mol. The maximum absolute atomic E-state index is 13.3. The highest BCUT2D eigenvalue weighted by molar-refractivity contribution is 5.89. The van der Waals surface area contributed by atoms with Crippen LogP contribution in [0.15, 0.2) is 34.9 Å². The molecule has 7 heteroatoms. The summed E-state index contributed by atoms with van der Waals surface area (Å²) in [7, 11) is 0. The number of aromatic nitrogens is 3. The van der Waals surface area contributed by atoms with E-state index in [0.29, 0.717) is 17.1 Å². The van der Waals surface area contributed by atoms with E-state index >= 15 is 0 Å². The number of esters is 1. The predicted octanol–water partition coefficient (Wildman–Crippen LogP) is 3.93. The summed E-state index contributed by atoms with van der Waals surface area (Å²) in [5.41, 5.74) is 3.56. The molecule has 0 saturated heterocycles. The van der Waals surface area contributed by atoms with Gasteiger partial charge in [0, 0.05) is 17.3 Å². The Hall–Kier alpha value is -2.96. The number of carbonyl (C=O) groups is 1. The molecule has 1 aromatic carbocycles. The number of nitrogens with zero attached hydrogens (tertiary/aromatic N) is 3. The van der Waals surface area contributed by atoms with Gasteiger partial charge < -0.3 is 9.26 Å². The molecule has 0 saturated carbocycles. The molecule has 140 valence electrons. The normalized spacial score (nSPS) is 13.9. The number of halogens is 1. The van der Waals surface area contributed by atoms with Gasteiger partial charge in [-0.1, -0.05) is 11.6 Å². The Balaban J connectivity index is 1.65. The van der Waals surface area contributed by atoms with Crippen LogP contribution in [-0.2, 0) is 24.2 Å².